The predicted octanol–water partition coefficient (Wildman–Crippen LogP) is 4.58. The minimum absolute atomic E-state index is 0.230. The number of aryl methyl sites for hydroxylation is 1. The van der Waals surface area contributed by atoms with Gasteiger partial charge >= 0.3 is 0 Å². The molecule has 28 heavy (non-hydrogen) atoms. The fourth-order valence-electron chi connectivity index (χ4n) is 2.83. The number of nitrogens with zero attached hydrogens (tertiary/aromatic N) is 3. The molecule has 1 amide bonds. The lowest BCUT2D eigenvalue weighted by molar-refractivity contribution is 0.102. The highest BCUT2D eigenvalue weighted by Gasteiger charge is 2.17. The van der Waals surface area contributed by atoms with Crippen molar-refractivity contribution in [3.63, 3.8) is 0 Å². The quantitative estimate of drug-likeness (QED) is 0.536. The van der Waals surface area contributed by atoms with Crippen molar-refractivity contribution in [1.29, 1.82) is 0 Å². The number of carbonyl (C=O) groups excluding carboxylic acids is 1. The molecule has 0 fully saturated rings. The molecule has 0 unspecified atom stereocenters. The van der Waals surface area contributed by atoms with Crippen molar-refractivity contribution in [2.75, 3.05) is 11.9 Å². The molecule has 0 spiro atoms. The number of thiazole rings is 1. The van der Waals surface area contributed by atoms with Crippen molar-refractivity contribution >= 4 is 33.3 Å². The summed E-state index contributed by atoms with van der Waals surface area (Å²) in [7, 11) is 0. The fraction of sp³-hybridized carbons (Fsp3) is 0.150. The van der Waals surface area contributed by atoms with Crippen LogP contribution in [-0.4, -0.2) is 27.3 Å². The van der Waals surface area contributed by atoms with Crippen molar-refractivity contribution in [1.82, 2.24) is 14.8 Å². The summed E-state index contributed by atoms with van der Waals surface area (Å²) in [6.07, 6.45) is 0. The number of fused-ring (bicyclic) bond motifs is 1. The van der Waals surface area contributed by atoms with Crippen LogP contribution >= 0.6 is 11.3 Å². The molecule has 2 aromatic heterocycles. The number of hydrogen-bond donors (Lipinski definition) is 1. The number of para-hydroxylation sites is 1. The number of rotatable bonds is 5. The number of carbonyl (C=O) groups is 1. The Hall–Kier alpha value is -3.26. The summed E-state index contributed by atoms with van der Waals surface area (Å²) in [4.78, 5) is 17.2. The molecule has 0 bridgehead atoms. The van der Waals surface area contributed by atoms with Crippen molar-refractivity contribution < 1.29 is 13.9 Å². The first-order chi connectivity index (χ1) is 13.5. The molecular weight excluding hydrogens is 379 g/mol. The minimum atomic E-state index is -0.466. The third-order valence-corrected chi connectivity index (χ3v) is 5.01. The number of benzene rings is 2. The van der Waals surface area contributed by atoms with Crippen LogP contribution in [0.3, 0.4) is 0 Å². The molecule has 0 aliphatic rings. The molecule has 0 radical (unpaired) electrons. The van der Waals surface area contributed by atoms with E-state index in [0.29, 0.717) is 23.3 Å². The zero-order valence-corrected chi connectivity index (χ0v) is 16.1. The zero-order valence-electron chi connectivity index (χ0n) is 15.3. The van der Waals surface area contributed by atoms with E-state index in [4.69, 9.17) is 4.74 Å². The average molecular weight is 396 g/mol. The topological polar surface area (TPSA) is 69.0 Å². The van der Waals surface area contributed by atoms with Crippen LogP contribution in [0.25, 0.3) is 15.3 Å². The highest BCUT2D eigenvalue weighted by Crippen LogP contribution is 2.32. The van der Waals surface area contributed by atoms with Crippen LogP contribution in [0, 0.1) is 12.7 Å². The summed E-state index contributed by atoms with van der Waals surface area (Å²) in [6.45, 7) is 4.29. The van der Waals surface area contributed by atoms with Gasteiger partial charge in [-0.15, -0.1) is 0 Å². The Morgan fingerprint density at radius 2 is 2.07 bits per heavy atom. The average Bonchev–Trinajstić information content (AvgIpc) is 3.25. The molecule has 0 aliphatic heterocycles. The maximum Gasteiger partial charge on any atom is 0.256 e. The van der Waals surface area contributed by atoms with E-state index in [1.807, 2.05) is 32.0 Å². The molecule has 8 heteroatoms. The van der Waals surface area contributed by atoms with Gasteiger partial charge in [0.1, 0.15) is 22.9 Å². The summed E-state index contributed by atoms with van der Waals surface area (Å²) in [6, 6.07) is 13.0. The van der Waals surface area contributed by atoms with E-state index in [2.05, 4.69) is 15.4 Å². The third kappa shape index (κ3) is 3.46. The minimum Gasteiger partial charge on any atom is -0.492 e. The van der Waals surface area contributed by atoms with E-state index in [-0.39, 0.29) is 5.56 Å². The van der Waals surface area contributed by atoms with E-state index in [1.165, 1.54) is 29.5 Å². The molecule has 0 saturated carbocycles. The van der Waals surface area contributed by atoms with Gasteiger partial charge in [0.25, 0.3) is 5.91 Å². The molecular formula is C20H17FN4O2S. The summed E-state index contributed by atoms with van der Waals surface area (Å²) >= 11 is 1.44. The number of halogens is 1. The molecule has 1 N–H and O–H groups in total. The molecule has 6 nitrogen and oxygen atoms in total. The number of anilines is 1. The molecule has 4 aromatic rings. The fourth-order valence-corrected chi connectivity index (χ4v) is 3.78. The van der Waals surface area contributed by atoms with Crippen molar-refractivity contribution in [2.45, 2.75) is 13.8 Å². The lowest BCUT2D eigenvalue weighted by Gasteiger charge is -2.06. The number of amides is 1. The monoisotopic (exact) mass is 396 g/mol. The van der Waals surface area contributed by atoms with Crippen LogP contribution in [-0.2, 0) is 0 Å². The third-order valence-electron chi connectivity index (χ3n) is 4.01. The van der Waals surface area contributed by atoms with Crippen molar-refractivity contribution in [3.8, 4) is 10.9 Å². The second-order valence-electron chi connectivity index (χ2n) is 6.08. The summed E-state index contributed by atoms with van der Waals surface area (Å²) in [5.74, 6) is 0.282. The number of hydrogen-bond acceptors (Lipinski definition) is 5. The highest BCUT2D eigenvalue weighted by molar-refractivity contribution is 7.20. The van der Waals surface area contributed by atoms with Gasteiger partial charge in [-0.05, 0) is 44.2 Å². The van der Waals surface area contributed by atoms with Gasteiger partial charge in [-0.25, -0.2) is 9.37 Å². The highest BCUT2D eigenvalue weighted by atomic mass is 32.1. The van der Waals surface area contributed by atoms with Gasteiger partial charge in [-0.1, -0.05) is 23.5 Å². The predicted molar refractivity (Wildman–Crippen MR) is 107 cm³/mol. The van der Waals surface area contributed by atoms with Crippen LogP contribution < -0.4 is 10.1 Å². The Morgan fingerprint density at radius 1 is 1.25 bits per heavy atom. The van der Waals surface area contributed by atoms with E-state index < -0.39 is 11.7 Å². The van der Waals surface area contributed by atoms with Crippen LogP contribution in [0.5, 0.6) is 5.75 Å². The first kappa shape index (κ1) is 18.1. The summed E-state index contributed by atoms with van der Waals surface area (Å²) < 4.78 is 21.6. The van der Waals surface area contributed by atoms with Gasteiger partial charge in [0.2, 0.25) is 5.13 Å². The van der Waals surface area contributed by atoms with E-state index in [0.717, 1.165) is 15.9 Å². The normalized spacial score (nSPS) is 11.0. The smallest absolute Gasteiger partial charge is 0.256 e. The Labute approximate surface area is 164 Å². The van der Waals surface area contributed by atoms with Gasteiger partial charge in [-0.3, -0.25) is 4.79 Å². The first-order valence-corrected chi connectivity index (χ1v) is 9.53. The first-order valence-electron chi connectivity index (χ1n) is 8.71. The largest absolute Gasteiger partial charge is 0.492 e. The Kier molecular flexibility index (Phi) is 4.79. The van der Waals surface area contributed by atoms with E-state index in [1.54, 1.807) is 16.8 Å². The number of nitrogens with one attached hydrogen (secondary N) is 1. The summed E-state index contributed by atoms with van der Waals surface area (Å²) in [5.41, 5.74) is 1.70. The molecule has 2 aromatic carbocycles. The maximum absolute atomic E-state index is 13.4. The number of aromatic nitrogens is 3. The summed E-state index contributed by atoms with van der Waals surface area (Å²) in [5, 5.41) is 7.84. The molecule has 2 heterocycles. The standard InChI is InChI=1S/C20H17FN4O2S/c1-3-27-15-8-5-9-16-18(15)23-20(28-16)25-17(10-12(2)24-25)22-19(26)13-6-4-7-14(21)11-13/h4-11H,3H2,1-2H3,(H,22,26). The molecule has 0 aliphatic carbocycles. The maximum atomic E-state index is 13.4. The lowest BCUT2D eigenvalue weighted by Crippen LogP contribution is -2.15. The van der Waals surface area contributed by atoms with Gasteiger partial charge in [0.15, 0.2) is 0 Å². The van der Waals surface area contributed by atoms with Gasteiger partial charge in [-0.2, -0.15) is 9.78 Å². The van der Waals surface area contributed by atoms with Crippen molar-refractivity contribution in [2.24, 2.45) is 0 Å². The van der Waals surface area contributed by atoms with Gasteiger partial charge < -0.3 is 10.1 Å². The van der Waals surface area contributed by atoms with Crippen LogP contribution in [0.1, 0.15) is 23.0 Å². The molecule has 0 atom stereocenters. The van der Waals surface area contributed by atoms with E-state index >= 15 is 0 Å². The second kappa shape index (κ2) is 7.40. The number of ether oxygens (including phenoxy) is 1. The second-order valence-corrected chi connectivity index (χ2v) is 7.09. The van der Waals surface area contributed by atoms with Crippen LogP contribution in [0.2, 0.25) is 0 Å². The lowest BCUT2D eigenvalue weighted by atomic mass is 10.2. The van der Waals surface area contributed by atoms with Crippen LogP contribution in [0.15, 0.2) is 48.5 Å². The zero-order chi connectivity index (χ0) is 19.7. The Balaban J connectivity index is 1.71. The van der Waals surface area contributed by atoms with Gasteiger partial charge in [0, 0.05) is 11.6 Å². The Morgan fingerprint density at radius 3 is 2.86 bits per heavy atom. The van der Waals surface area contributed by atoms with Gasteiger partial charge in [0.05, 0.1) is 17.0 Å². The van der Waals surface area contributed by atoms with Crippen LogP contribution in [0.4, 0.5) is 10.2 Å². The van der Waals surface area contributed by atoms with Crippen molar-refractivity contribution in [3.05, 3.63) is 65.6 Å². The molecule has 4 rings (SSSR count). The van der Waals surface area contributed by atoms with E-state index in [9.17, 15) is 9.18 Å². The molecule has 142 valence electrons. The molecule has 0 saturated heterocycles. The SMILES string of the molecule is CCOc1cccc2sc(-n3nc(C)cc3NC(=O)c3cccc(F)c3)nc12. The Bertz CT molecular complexity index is 1170.